The molecule has 1 atom stereocenters. The number of aliphatic carboxylic acids is 1. The lowest BCUT2D eigenvalue weighted by Gasteiger charge is -2.35. The Balaban J connectivity index is 1.65. The van der Waals surface area contributed by atoms with E-state index in [9.17, 15) is 28.3 Å². The molecule has 0 amide bonds. The molecule has 35 heavy (non-hydrogen) atoms. The van der Waals surface area contributed by atoms with Gasteiger partial charge in [0, 0.05) is 0 Å². The van der Waals surface area contributed by atoms with Crippen molar-refractivity contribution in [1.29, 1.82) is 0 Å². The average molecular weight is 489 g/mol. The lowest BCUT2D eigenvalue weighted by atomic mass is 9.79. The van der Waals surface area contributed by atoms with Crippen LogP contribution in [-0.4, -0.2) is 29.6 Å². The molecule has 1 saturated carbocycles. The van der Waals surface area contributed by atoms with Gasteiger partial charge in [-0.2, -0.15) is 8.78 Å². The summed E-state index contributed by atoms with van der Waals surface area (Å²) < 4.78 is 44.1. The van der Waals surface area contributed by atoms with Crippen molar-refractivity contribution in [3.8, 4) is 5.75 Å². The number of hydrogen-bond acceptors (Lipinski definition) is 7. The minimum absolute atomic E-state index is 0.0747. The second-order valence-electron chi connectivity index (χ2n) is 9.02. The van der Waals surface area contributed by atoms with Gasteiger partial charge in [0.2, 0.25) is 0 Å². The first kappa shape index (κ1) is 26.1. The zero-order chi connectivity index (χ0) is 25.6. The summed E-state index contributed by atoms with van der Waals surface area (Å²) in [5.74, 6) is -8.01. The molecule has 0 aromatic heterocycles. The standard InChI is InChI=1S/C26H28F2O7/c1-25(2,19-11-7-4-8-12-19)35-24(32)33-20-15-13-18(14-16-20)22(29)34-21(26(27,28)23(30)31)17-9-5-3-6-10-17/h3,5-6,9-10,13-16,19,21H,4,7-8,11-12H2,1-2H3,(H,30,31)/p-1. The van der Waals surface area contributed by atoms with E-state index in [0.717, 1.165) is 25.7 Å². The van der Waals surface area contributed by atoms with Crippen LogP contribution in [0.25, 0.3) is 0 Å². The third-order valence-corrected chi connectivity index (χ3v) is 6.15. The van der Waals surface area contributed by atoms with Crippen molar-refractivity contribution in [2.45, 2.75) is 63.6 Å². The number of carboxylic acids is 1. The molecule has 0 bridgehead atoms. The van der Waals surface area contributed by atoms with Crippen LogP contribution in [0.3, 0.4) is 0 Å². The molecule has 1 fully saturated rings. The maximum absolute atomic E-state index is 14.2. The van der Waals surface area contributed by atoms with Crippen LogP contribution in [0.5, 0.6) is 5.75 Å². The fourth-order valence-corrected chi connectivity index (χ4v) is 4.13. The molecular formula is C26H27F2O7-. The van der Waals surface area contributed by atoms with Gasteiger partial charge in [0.05, 0.1) is 5.56 Å². The van der Waals surface area contributed by atoms with Gasteiger partial charge in [-0.1, -0.05) is 49.6 Å². The van der Waals surface area contributed by atoms with Crippen LogP contribution in [-0.2, 0) is 14.3 Å². The Labute approximate surface area is 202 Å². The van der Waals surface area contributed by atoms with Crippen molar-refractivity contribution < 1.29 is 42.5 Å². The topological polar surface area (TPSA) is 102 Å². The second kappa shape index (κ2) is 10.8. The van der Waals surface area contributed by atoms with Crippen molar-refractivity contribution in [1.82, 2.24) is 0 Å². The number of carbonyl (C=O) groups is 3. The van der Waals surface area contributed by atoms with Crippen molar-refractivity contribution in [3.63, 3.8) is 0 Å². The fraction of sp³-hybridized carbons (Fsp3) is 0.423. The van der Waals surface area contributed by atoms with Crippen LogP contribution < -0.4 is 9.84 Å². The highest BCUT2D eigenvalue weighted by molar-refractivity contribution is 5.90. The Kier molecular flexibility index (Phi) is 8.09. The summed E-state index contributed by atoms with van der Waals surface area (Å²) in [5, 5.41) is 11.0. The monoisotopic (exact) mass is 489 g/mol. The molecule has 3 rings (SSSR count). The number of hydrogen-bond donors (Lipinski definition) is 0. The molecule has 1 unspecified atom stereocenters. The number of benzene rings is 2. The van der Waals surface area contributed by atoms with Crippen LogP contribution in [0, 0.1) is 5.92 Å². The highest BCUT2D eigenvalue weighted by Gasteiger charge is 2.45. The maximum Gasteiger partial charge on any atom is 0.514 e. The Morgan fingerprint density at radius 1 is 0.943 bits per heavy atom. The quantitative estimate of drug-likeness (QED) is 0.386. The summed E-state index contributed by atoms with van der Waals surface area (Å²) in [5.41, 5.74) is -1.06. The van der Waals surface area contributed by atoms with Crippen LogP contribution in [0.4, 0.5) is 13.6 Å². The van der Waals surface area contributed by atoms with Crippen molar-refractivity contribution >= 4 is 18.1 Å². The van der Waals surface area contributed by atoms with E-state index in [-0.39, 0.29) is 22.8 Å². The van der Waals surface area contributed by atoms with Crippen molar-refractivity contribution in [2.24, 2.45) is 5.92 Å². The lowest BCUT2D eigenvalue weighted by molar-refractivity contribution is -0.336. The van der Waals surface area contributed by atoms with Crippen LogP contribution in [0.2, 0.25) is 0 Å². The number of carboxylic acid groups (broad SMARTS) is 1. The Morgan fingerprint density at radius 3 is 2.11 bits per heavy atom. The Hall–Kier alpha value is -3.49. The lowest BCUT2D eigenvalue weighted by Crippen LogP contribution is -2.47. The fourth-order valence-electron chi connectivity index (χ4n) is 4.13. The minimum Gasteiger partial charge on any atom is -0.544 e. The predicted molar refractivity (Wildman–Crippen MR) is 119 cm³/mol. The van der Waals surface area contributed by atoms with Gasteiger partial charge >= 0.3 is 18.0 Å². The number of esters is 1. The van der Waals surface area contributed by atoms with Crippen LogP contribution >= 0.6 is 0 Å². The number of halogens is 2. The van der Waals surface area contributed by atoms with Gasteiger partial charge in [-0.05, 0) is 62.4 Å². The zero-order valence-electron chi connectivity index (χ0n) is 19.5. The largest absolute Gasteiger partial charge is 0.544 e. The van der Waals surface area contributed by atoms with E-state index in [4.69, 9.17) is 14.2 Å². The third kappa shape index (κ3) is 6.55. The maximum atomic E-state index is 14.2. The van der Waals surface area contributed by atoms with E-state index in [0.29, 0.717) is 0 Å². The second-order valence-corrected chi connectivity index (χ2v) is 9.02. The summed E-state index contributed by atoms with van der Waals surface area (Å²) in [7, 11) is 0. The number of alkyl halides is 2. The van der Waals surface area contributed by atoms with Gasteiger partial charge in [-0.25, -0.2) is 9.59 Å². The van der Waals surface area contributed by atoms with Crippen molar-refractivity contribution in [2.75, 3.05) is 0 Å². The molecule has 1 aliphatic carbocycles. The van der Waals surface area contributed by atoms with E-state index in [1.54, 1.807) is 6.07 Å². The highest BCUT2D eigenvalue weighted by atomic mass is 19.3. The number of rotatable bonds is 8. The highest BCUT2D eigenvalue weighted by Crippen LogP contribution is 2.36. The summed E-state index contributed by atoms with van der Waals surface area (Å²) >= 11 is 0. The molecule has 0 saturated heterocycles. The molecule has 0 aliphatic heterocycles. The van der Waals surface area contributed by atoms with Gasteiger partial charge in [-0.15, -0.1) is 0 Å². The van der Waals surface area contributed by atoms with Crippen LogP contribution in [0.15, 0.2) is 54.6 Å². The molecule has 2 aromatic carbocycles. The molecule has 0 N–H and O–H groups in total. The van der Waals surface area contributed by atoms with E-state index >= 15 is 0 Å². The minimum atomic E-state index is -4.46. The molecular weight excluding hydrogens is 462 g/mol. The average Bonchev–Trinajstić information content (AvgIpc) is 2.83. The molecule has 1 aliphatic rings. The molecule has 0 radical (unpaired) electrons. The van der Waals surface area contributed by atoms with Gasteiger partial charge in [0.15, 0.2) is 6.10 Å². The van der Waals surface area contributed by atoms with E-state index in [1.165, 1.54) is 55.0 Å². The predicted octanol–water partition coefficient (Wildman–Crippen LogP) is 4.84. The van der Waals surface area contributed by atoms with E-state index in [1.807, 2.05) is 13.8 Å². The summed E-state index contributed by atoms with van der Waals surface area (Å²) in [6.07, 6.45) is 2.00. The summed E-state index contributed by atoms with van der Waals surface area (Å²) in [6, 6.07) is 11.7. The Morgan fingerprint density at radius 2 is 1.54 bits per heavy atom. The van der Waals surface area contributed by atoms with E-state index in [2.05, 4.69) is 0 Å². The molecule has 0 heterocycles. The summed E-state index contributed by atoms with van der Waals surface area (Å²) in [6.45, 7) is 3.68. The first-order chi connectivity index (χ1) is 16.5. The number of ether oxygens (including phenoxy) is 3. The van der Waals surface area contributed by atoms with Gasteiger partial charge < -0.3 is 24.1 Å². The van der Waals surface area contributed by atoms with E-state index < -0.39 is 35.7 Å². The molecule has 7 nitrogen and oxygen atoms in total. The normalized spacial score (nSPS) is 15.7. The van der Waals surface area contributed by atoms with Gasteiger partial charge in [0.1, 0.15) is 17.3 Å². The molecule has 9 heteroatoms. The van der Waals surface area contributed by atoms with Crippen molar-refractivity contribution in [3.05, 3.63) is 65.7 Å². The first-order valence-corrected chi connectivity index (χ1v) is 11.4. The molecule has 2 aromatic rings. The zero-order valence-corrected chi connectivity index (χ0v) is 19.5. The van der Waals surface area contributed by atoms with Gasteiger partial charge in [-0.3, -0.25) is 0 Å². The molecule has 188 valence electrons. The summed E-state index contributed by atoms with van der Waals surface area (Å²) in [4.78, 5) is 35.8. The SMILES string of the molecule is CC(C)(OC(=O)Oc1ccc(C(=O)OC(c2ccccc2)C(F)(F)C(=O)[O-])cc1)C1CCCCC1. The van der Waals surface area contributed by atoms with Crippen LogP contribution in [0.1, 0.15) is 68.0 Å². The Bertz CT molecular complexity index is 1030. The first-order valence-electron chi connectivity index (χ1n) is 11.4. The smallest absolute Gasteiger partial charge is 0.514 e. The number of carbonyl (C=O) groups excluding carboxylic acids is 3. The van der Waals surface area contributed by atoms with Gasteiger partial charge in [0.25, 0.3) is 0 Å². The molecule has 0 spiro atoms. The third-order valence-electron chi connectivity index (χ3n) is 6.15.